The van der Waals surface area contributed by atoms with Crippen LogP contribution in [0.1, 0.15) is 5.56 Å². The van der Waals surface area contributed by atoms with Crippen molar-refractivity contribution in [3.05, 3.63) is 53.6 Å². The van der Waals surface area contributed by atoms with Gasteiger partial charge in [0, 0.05) is 11.8 Å². The van der Waals surface area contributed by atoms with Crippen molar-refractivity contribution in [2.45, 2.75) is 4.90 Å². The fraction of sp³-hybridized carbons (Fsp3) is 0.0714. The summed E-state index contributed by atoms with van der Waals surface area (Å²) in [6.45, 7) is 0. The van der Waals surface area contributed by atoms with E-state index >= 15 is 0 Å². The summed E-state index contributed by atoms with van der Waals surface area (Å²) in [6.07, 6.45) is 1.07. The van der Waals surface area contributed by atoms with E-state index in [0.29, 0.717) is 5.56 Å². The lowest BCUT2D eigenvalue weighted by atomic mass is 10.00. The third kappa shape index (κ3) is 2.68. The number of hydrogen-bond acceptors (Lipinski definition) is 3. The van der Waals surface area contributed by atoms with Crippen LogP contribution < -0.4 is 0 Å². The highest BCUT2D eigenvalue weighted by Crippen LogP contribution is 2.27. The van der Waals surface area contributed by atoms with Crippen LogP contribution in [0, 0.1) is 23.0 Å². The van der Waals surface area contributed by atoms with Gasteiger partial charge in [-0.05, 0) is 29.8 Å². The monoisotopic (exact) mass is 293 g/mol. The van der Waals surface area contributed by atoms with Crippen molar-refractivity contribution in [3.63, 3.8) is 0 Å². The zero-order valence-electron chi connectivity index (χ0n) is 10.4. The molecule has 2 rings (SSSR count). The molecular weight excluding hydrogens is 284 g/mol. The van der Waals surface area contributed by atoms with Crippen LogP contribution in [0.4, 0.5) is 8.78 Å². The number of halogens is 2. The predicted molar refractivity (Wildman–Crippen MR) is 69.6 cm³/mol. The summed E-state index contributed by atoms with van der Waals surface area (Å²) in [4.78, 5) is 0.113. The van der Waals surface area contributed by atoms with Gasteiger partial charge in [-0.3, -0.25) is 0 Å². The lowest BCUT2D eigenvalue weighted by Gasteiger charge is -2.06. The molecule has 0 aromatic heterocycles. The molecule has 0 aliphatic rings. The van der Waals surface area contributed by atoms with Crippen LogP contribution in [-0.4, -0.2) is 14.7 Å². The Labute approximate surface area is 115 Å². The summed E-state index contributed by atoms with van der Waals surface area (Å²) in [5.41, 5.74) is 0.635. The van der Waals surface area contributed by atoms with Gasteiger partial charge in [-0.25, -0.2) is 17.2 Å². The first-order valence-corrected chi connectivity index (χ1v) is 7.41. The third-order valence-electron chi connectivity index (χ3n) is 2.77. The van der Waals surface area contributed by atoms with E-state index in [1.54, 1.807) is 6.07 Å². The number of sulfone groups is 1. The van der Waals surface area contributed by atoms with Crippen molar-refractivity contribution < 1.29 is 17.2 Å². The number of nitrogens with zero attached hydrogens (tertiary/aromatic N) is 1. The van der Waals surface area contributed by atoms with Crippen LogP contribution in [-0.2, 0) is 9.84 Å². The van der Waals surface area contributed by atoms with Gasteiger partial charge in [-0.15, -0.1) is 0 Å². The highest BCUT2D eigenvalue weighted by molar-refractivity contribution is 7.90. The summed E-state index contributed by atoms with van der Waals surface area (Å²) in [5.74, 6) is -2.16. The minimum absolute atomic E-state index is 0.0176. The van der Waals surface area contributed by atoms with Gasteiger partial charge in [0.2, 0.25) is 0 Å². The average Bonchev–Trinajstić information content (AvgIpc) is 2.40. The Morgan fingerprint density at radius 3 is 2.10 bits per heavy atom. The third-order valence-corrected chi connectivity index (χ3v) is 3.90. The molecule has 0 heterocycles. The van der Waals surface area contributed by atoms with Gasteiger partial charge in [0.1, 0.15) is 0 Å². The van der Waals surface area contributed by atoms with E-state index in [1.165, 1.54) is 24.3 Å². The van der Waals surface area contributed by atoms with E-state index in [0.717, 1.165) is 18.4 Å². The van der Waals surface area contributed by atoms with Crippen molar-refractivity contribution in [3.8, 4) is 17.2 Å². The summed E-state index contributed by atoms with van der Waals surface area (Å²) >= 11 is 0. The number of nitriles is 1. The van der Waals surface area contributed by atoms with Crippen molar-refractivity contribution in [2.24, 2.45) is 0 Å². The molecule has 0 aliphatic heterocycles. The fourth-order valence-electron chi connectivity index (χ4n) is 1.76. The molecule has 102 valence electrons. The first-order chi connectivity index (χ1) is 9.32. The van der Waals surface area contributed by atoms with Crippen molar-refractivity contribution in [1.29, 1.82) is 5.26 Å². The molecule has 20 heavy (non-hydrogen) atoms. The van der Waals surface area contributed by atoms with Gasteiger partial charge in [0.15, 0.2) is 21.5 Å². The number of hydrogen-bond donors (Lipinski definition) is 0. The smallest absolute Gasteiger partial charge is 0.175 e. The van der Waals surface area contributed by atoms with Gasteiger partial charge >= 0.3 is 0 Å². The molecule has 0 bridgehead atoms. The Balaban J connectivity index is 2.58. The Morgan fingerprint density at radius 2 is 1.60 bits per heavy atom. The van der Waals surface area contributed by atoms with Crippen molar-refractivity contribution >= 4 is 9.84 Å². The molecule has 0 radical (unpaired) electrons. The molecule has 0 amide bonds. The van der Waals surface area contributed by atoms with Crippen molar-refractivity contribution in [2.75, 3.05) is 6.26 Å². The summed E-state index contributed by atoms with van der Waals surface area (Å²) in [7, 11) is -3.33. The molecular formula is C14H9F2NO2S. The fourth-order valence-corrected chi connectivity index (χ4v) is 2.39. The van der Waals surface area contributed by atoms with Crippen LogP contribution in [0.5, 0.6) is 0 Å². The van der Waals surface area contributed by atoms with Gasteiger partial charge in [-0.2, -0.15) is 5.26 Å². The van der Waals surface area contributed by atoms with Gasteiger partial charge in [0.05, 0.1) is 16.5 Å². The summed E-state index contributed by atoms with van der Waals surface area (Å²) < 4.78 is 49.0. The maximum atomic E-state index is 13.3. The Kier molecular flexibility index (Phi) is 3.55. The van der Waals surface area contributed by atoms with E-state index in [1.807, 2.05) is 0 Å². The zero-order valence-corrected chi connectivity index (χ0v) is 11.2. The first kappa shape index (κ1) is 14.2. The summed E-state index contributed by atoms with van der Waals surface area (Å²) in [5, 5.41) is 8.94. The maximum Gasteiger partial charge on any atom is 0.175 e. The second-order valence-electron chi connectivity index (χ2n) is 4.22. The maximum absolute atomic E-state index is 13.3. The van der Waals surface area contributed by atoms with E-state index in [9.17, 15) is 17.2 Å². The molecule has 3 nitrogen and oxygen atoms in total. The highest BCUT2D eigenvalue weighted by Gasteiger charge is 2.12. The predicted octanol–water partition coefficient (Wildman–Crippen LogP) is 2.91. The van der Waals surface area contributed by atoms with Crippen LogP contribution in [0.3, 0.4) is 0 Å². The molecule has 0 N–H and O–H groups in total. The Bertz CT molecular complexity index is 806. The topological polar surface area (TPSA) is 57.9 Å². The second-order valence-corrected chi connectivity index (χ2v) is 6.24. The van der Waals surface area contributed by atoms with Crippen LogP contribution in [0.25, 0.3) is 11.1 Å². The van der Waals surface area contributed by atoms with Crippen LogP contribution in [0.15, 0.2) is 41.3 Å². The molecule has 2 aromatic carbocycles. The molecule has 0 atom stereocenters. The van der Waals surface area contributed by atoms with Crippen LogP contribution in [0.2, 0.25) is 0 Å². The standard InChI is InChI=1S/C14H9F2NO2S/c1-20(18,19)11-4-2-9(3-5-11)12-7-14(16)13(15)6-10(12)8-17/h2-7H,1H3. The molecule has 0 unspecified atom stereocenters. The zero-order chi connectivity index (χ0) is 14.9. The Morgan fingerprint density at radius 1 is 1.05 bits per heavy atom. The molecule has 0 aliphatic carbocycles. The quantitative estimate of drug-likeness (QED) is 0.855. The van der Waals surface area contributed by atoms with Crippen molar-refractivity contribution in [1.82, 2.24) is 0 Å². The van der Waals surface area contributed by atoms with E-state index in [2.05, 4.69) is 0 Å². The highest BCUT2D eigenvalue weighted by atomic mass is 32.2. The largest absolute Gasteiger partial charge is 0.224 e. The molecule has 0 saturated carbocycles. The SMILES string of the molecule is CS(=O)(=O)c1ccc(-c2cc(F)c(F)cc2C#N)cc1. The van der Waals surface area contributed by atoms with E-state index < -0.39 is 21.5 Å². The lowest BCUT2D eigenvalue weighted by molar-refractivity contribution is 0.508. The van der Waals surface area contributed by atoms with E-state index in [4.69, 9.17) is 5.26 Å². The Hall–Kier alpha value is -2.26. The summed E-state index contributed by atoms with van der Waals surface area (Å²) in [6, 6.07) is 9.12. The molecule has 0 fully saturated rings. The second kappa shape index (κ2) is 5.02. The van der Waals surface area contributed by atoms with Gasteiger partial charge in [0.25, 0.3) is 0 Å². The molecule has 6 heteroatoms. The van der Waals surface area contributed by atoms with E-state index in [-0.39, 0.29) is 16.0 Å². The van der Waals surface area contributed by atoms with Gasteiger partial charge < -0.3 is 0 Å². The molecule has 2 aromatic rings. The first-order valence-electron chi connectivity index (χ1n) is 5.52. The lowest BCUT2D eigenvalue weighted by Crippen LogP contribution is -1.97. The molecule has 0 saturated heterocycles. The average molecular weight is 293 g/mol. The number of benzene rings is 2. The molecule has 0 spiro atoms. The minimum Gasteiger partial charge on any atom is -0.224 e. The van der Waals surface area contributed by atoms with Crippen LogP contribution >= 0.6 is 0 Å². The normalized spacial score (nSPS) is 11.1. The minimum atomic E-state index is -3.33. The van der Waals surface area contributed by atoms with Gasteiger partial charge in [-0.1, -0.05) is 12.1 Å². The number of rotatable bonds is 2.